The lowest BCUT2D eigenvalue weighted by molar-refractivity contribution is 0.742. The van der Waals surface area contributed by atoms with Crippen molar-refractivity contribution in [1.29, 1.82) is 0 Å². The van der Waals surface area contributed by atoms with Crippen LogP contribution in [0, 0.1) is 0 Å². The zero-order valence-corrected chi connectivity index (χ0v) is 8.84. The highest BCUT2D eigenvalue weighted by Crippen LogP contribution is 2.16. The van der Waals surface area contributed by atoms with Crippen molar-refractivity contribution in [1.82, 2.24) is 10.2 Å². The molecular formula is C10H14ClN3. The number of halogens is 1. The number of fused-ring (bicyclic) bond motifs is 1. The number of rotatable bonds is 2. The van der Waals surface area contributed by atoms with E-state index in [1.54, 1.807) is 0 Å². The van der Waals surface area contributed by atoms with E-state index >= 15 is 0 Å². The van der Waals surface area contributed by atoms with Crippen molar-refractivity contribution in [2.45, 2.75) is 19.4 Å². The molecule has 3 nitrogen and oxygen atoms in total. The van der Waals surface area contributed by atoms with Crippen LogP contribution in [0.3, 0.4) is 0 Å². The minimum absolute atomic E-state index is 0. The largest absolute Gasteiger partial charge is 0.328 e. The van der Waals surface area contributed by atoms with Crippen molar-refractivity contribution in [3.63, 3.8) is 0 Å². The molecule has 14 heavy (non-hydrogen) atoms. The average molecular weight is 212 g/mol. The molecule has 1 unspecified atom stereocenters. The molecule has 1 atom stereocenters. The van der Waals surface area contributed by atoms with E-state index in [2.05, 4.69) is 16.3 Å². The van der Waals surface area contributed by atoms with Crippen LogP contribution in [-0.2, 0) is 6.42 Å². The normalized spacial score (nSPS) is 12.4. The van der Waals surface area contributed by atoms with Crippen molar-refractivity contribution in [2.75, 3.05) is 0 Å². The summed E-state index contributed by atoms with van der Waals surface area (Å²) >= 11 is 0. The van der Waals surface area contributed by atoms with E-state index in [0.717, 1.165) is 11.9 Å². The maximum atomic E-state index is 5.75. The van der Waals surface area contributed by atoms with Gasteiger partial charge in [-0.2, -0.15) is 5.10 Å². The molecule has 2 aromatic rings. The third-order valence-corrected chi connectivity index (χ3v) is 2.12. The maximum absolute atomic E-state index is 5.75. The lowest BCUT2D eigenvalue weighted by atomic mass is 10.0. The first-order valence-corrected chi connectivity index (χ1v) is 4.44. The third-order valence-electron chi connectivity index (χ3n) is 2.12. The van der Waals surface area contributed by atoms with E-state index in [-0.39, 0.29) is 18.4 Å². The molecule has 0 fully saturated rings. The van der Waals surface area contributed by atoms with E-state index in [1.807, 2.05) is 25.3 Å². The Bertz CT molecular complexity index is 408. The first-order valence-electron chi connectivity index (χ1n) is 4.44. The zero-order chi connectivity index (χ0) is 9.26. The second-order valence-corrected chi connectivity index (χ2v) is 3.43. The Labute approximate surface area is 89.1 Å². The number of benzene rings is 1. The summed E-state index contributed by atoms with van der Waals surface area (Å²) in [7, 11) is 0. The zero-order valence-electron chi connectivity index (χ0n) is 8.03. The smallest absolute Gasteiger partial charge is 0.0653 e. The molecular weight excluding hydrogens is 198 g/mol. The highest BCUT2D eigenvalue weighted by molar-refractivity contribution is 5.85. The molecule has 0 saturated carbocycles. The van der Waals surface area contributed by atoms with Crippen LogP contribution in [0.2, 0.25) is 0 Å². The number of H-pyrrole nitrogens is 1. The number of aromatic nitrogens is 2. The van der Waals surface area contributed by atoms with E-state index in [1.165, 1.54) is 10.9 Å². The Kier molecular flexibility index (Phi) is 3.49. The van der Waals surface area contributed by atoms with Gasteiger partial charge in [-0.15, -0.1) is 12.4 Å². The summed E-state index contributed by atoms with van der Waals surface area (Å²) < 4.78 is 0. The number of nitrogens with one attached hydrogen (secondary N) is 1. The Morgan fingerprint density at radius 2 is 2.29 bits per heavy atom. The van der Waals surface area contributed by atoms with Crippen LogP contribution in [0.15, 0.2) is 24.4 Å². The molecule has 76 valence electrons. The van der Waals surface area contributed by atoms with Gasteiger partial charge < -0.3 is 5.73 Å². The molecule has 1 heterocycles. The fourth-order valence-electron chi connectivity index (χ4n) is 1.55. The second kappa shape index (κ2) is 4.44. The SMILES string of the molecule is CC(N)Cc1cccc2[nH]ncc12.Cl. The van der Waals surface area contributed by atoms with Crippen molar-refractivity contribution >= 4 is 23.3 Å². The van der Waals surface area contributed by atoms with Crippen molar-refractivity contribution < 1.29 is 0 Å². The van der Waals surface area contributed by atoms with E-state index < -0.39 is 0 Å². The predicted molar refractivity (Wildman–Crippen MR) is 60.7 cm³/mol. The van der Waals surface area contributed by atoms with Crippen molar-refractivity contribution in [3.05, 3.63) is 30.0 Å². The Hall–Kier alpha value is -1.06. The number of aromatic amines is 1. The Morgan fingerprint density at radius 1 is 1.50 bits per heavy atom. The fourth-order valence-corrected chi connectivity index (χ4v) is 1.55. The molecule has 0 radical (unpaired) electrons. The van der Waals surface area contributed by atoms with E-state index in [0.29, 0.717) is 0 Å². The number of hydrogen-bond acceptors (Lipinski definition) is 2. The molecule has 0 aliphatic heterocycles. The summed E-state index contributed by atoms with van der Waals surface area (Å²) in [5.74, 6) is 0. The molecule has 0 saturated heterocycles. The molecule has 0 aliphatic carbocycles. The monoisotopic (exact) mass is 211 g/mol. The number of hydrogen-bond donors (Lipinski definition) is 2. The van der Waals surface area contributed by atoms with E-state index in [9.17, 15) is 0 Å². The summed E-state index contributed by atoms with van der Waals surface area (Å²) in [6.07, 6.45) is 2.75. The summed E-state index contributed by atoms with van der Waals surface area (Å²) in [6.45, 7) is 2.01. The first kappa shape index (κ1) is 11.0. The quantitative estimate of drug-likeness (QED) is 0.797. The Balaban J connectivity index is 0.000000980. The highest BCUT2D eigenvalue weighted by atomic mass is 35.5. The maximum Gasteiger partial charge on any atom is 0.0653 e. The highest BCUT2D eigenvalue weighted by Gasteiger charge is 2.03. The van der Waals surface area contributed by atoms with Crippen LogP contribution < -0.4 is 5.73 Å². The Morgan fingerprint density at radius 3 is 3.00 bits per heavy atom. The van der Waals surface area contributed by atoms with Crippen LogP contribution in [0.1, 0.15) is 12.5 Å². The lowest BCUT2D eigenvalue weighted by Gasteiger charge is -2.05. The molecule has 0 bridgehead atoms. The summed E-state index contributed by atoms with van der Waals surface area (Å²) in [4.78, 5) is 0. The molecule has 0 amide bonds. The molecule has 0 aliphatic rings. The molecule has 1 aromatic heterocycles. The van der Waals surface area contributed by atoms with Gasteiger partial charge in [0.15, 0.2) is 0 Å². The van der Waals surface area contributed by atoms with Crippen LogP contribution in [0.25, 0.3) is 10.9 Å². The fraction of sp³-hybridized carbons (Fsp3) is 0.300. The number of nitrogens with two attached hydrogens (primary N) is 1. The van der Waals surface area contributed by atoms with Gasteiger partial charge in [0.25, 0.3) is 0 Å². The van der Waals surface area contributed by atoms with Crippen LogP contribution in [0.4, 0.5) is 0 Å². The van der Waals surface area contributed by atoms with Crippen LogP contribution in [0.5, 0.6) is 0 Å². The molecule has 2 rings (SSSR count). The van der Waals surface area contributed by atoms with Crippen molar-refractivity contribution in [3.8, 4) is 0 Å². The van der Waals surface area contributed by atoms with Gasteiger partial charge in [0.1, 0.15) is 0 Å². The first-order chi connectivity index (χ1) is 6.27. The van der Waals surface area contributed by atoms with Gasteiger partial charge >= 0.3 is 0 Å². The van der Waals surface area contributed by atoms with Crippen LogP contribution >= 0.6 is 12.4 Å². The summed E-state index contributed by atoms with van der Waals surface area (Å²) in [6, 6.07) is 6.34. The molecule has 3 N–H and O–H groups in total. The van der Waals surface area contributed by atoms with Gasteiger partial charge in [0.2, 0.25) is 0 Å². The van der Waals surface area contributed by atoms with Gasteiger partial charge in [-0.25, -0.2) is 0 Å². The molecule has 1 aromatic carbocycles. The topological polar surface area (TPSA) is 54.7 Å². The molecule has 0 spiro atoms. The van der Waals surface area contributed by atoms with Crippen molar-refractivity contribution in [2.24, 2.45) is 5.73 Å². The van der Waals surface area contributed by atoms with Gasteiger partial charge in [0.05, 0.1) is 11.7 Å². The van der Waals surface area contributed by atoms with Gasteiger partial charge in [-0.3, -0.25) is 5.10 Å². The average Bonchev–Trinajstić information content (AvgIpc) is 2.51. The van der Waals surface area contributed by atoms with Gasteiger partial charge in [-0.05, 0) is 25.0 Å². The third kappa shape index (κ3) is 2.05. The molecule has 4 heteroatoms. The standard InChI is InChI=1S/C10H13N3.ClH/c1-7(11)5-8-3-2-4-10-9(8)6-12-13-10;/h2-4,6-7H,5,11H2,1H3,(H,12,13);1H. The summed E-state index contributed by atoms with van der Waals surface area (Å²) in [5.41, 5.74) is 8.10. The predicted octanol–water partition coefficient (Wildman–Crippen LogP) is 1.87. The number of nitrogens with zero attached hydrogens (tertiary/aromatic N) is 1. The van der Waals surface area contributed by atoms with Crippen LogP contribution in [-0.4, -0.2) is 16.2 Å². The minimum Gasteiger partial charge on any atom is -0.328 e. The summed E-state index contributed by atoms with van der Waals surface area (Å²) in [5, 5.41) is 8.13. The van der Waals surface area contributed by atoms with Gasteiger partial charge in [-0.1, -0.05) is 12.1 Å². The van der Waals surface area contributed by atoms with E-state index in [4.69, 9.17) is 5.73 Å². The van der Waals surface area contributed by atoms with Gasteiger partial charge in [0, 0.05) is 11.4 Å². The minimum atomic E-state index is 0. The second-order valence-electron chi connectivity index (χ2n) is 3.43. The lowest BCUT2D eigenvalue weighted by Crippen LogP contribution is -2.17.